The van der Waals surface area contributed by atoms with Gasteiger partial charge in [-0.15, -0.1) is 11.8 Å². The first-order chi connectivity index (χ1) is 16.2. The van der Waals surface area contributed by atoms with E-state index in [9.17, 15) is 14.7 Å². The molecule has 2 rings (SSSR count). The molecule has 1 aliphatic rings. The number of carbonyl (C=O) groups is 2. The van der Waals surface area contributed by atoms with Crippen LogP contribution in [0.4, 0.5) is 0 Å². The van der Waals surface area contributed by atoms with Gasteiger partial charge in [-0.05, 0) is 30.6 Å². The lowest BCUT2D eigenvalue weighted by Crippen LogP contribution is -2.72. The third-order valence-electron chi connectivity index (χ3n) is 6.95. The van der Waals surface area contributed by atoms with Crippen LogP contribution in [0.5, 0.6) is 0 Å². The lowest BCUT2D eigenvalue weighted by molar-refractivity contribution is -0.198. The Bertz CT molecular complexity index is 918. The number of esters is 1. The number of aliphatic hydroxyl groups is 1. The molecule has 0 radical (unpaired) electrons. The van der Waals surface area contributed by atoms with Crippen LogP contribution in [0.3, 0.4) is 0 Å². The van der Waals surface area contributed by atoms with Crippen LogP contribution in [-0.2, 0) is 24.5 Å². The second-order valence-electron chi connectivity index (χ2n) is 10.5. The van der Waals surface area contributed by atoms with Crippen molar-refractivity contribution in [2.24, 2.45) is 11.8 Å². The van der Waals surface area contributed by atoms with E-state index < -0.39 is 32.5 Å². The average Bonchev–Trinajstić information content (AvgIpc) is 2.78. The summed E-state index contributed by atoms with van der Waals surface area (Å²) in [4.78, 5) is 26.9. The highest BCUT2D eigenvalue weighted by molar-refractivity contribution is 8.22. The van der Waals surface area contributed by atoms with Crippen LogP contribution in [0.1, 0.15) is 40.2 Å². The highest BCUT2D eigenvalue weighted by Gasteiger charge is 2.58. The molecule has 0 aliphatic carbocycles. The van der Waals surface area contributed by atoms with Gasteiger partial charge in [-0.2, -0.15) is 0 Å². The zero-order valence-electron chi connectivity index (χ0n) is 21.8. The van der Waals surface area contributed by atoms with Crippen molar-refractivity contribution in [3.8, 4) is 0 Å². The predicted octanol–water partition coefficient (Wildman–Crippen LogP) is 5.17. The molecule has 1 aromatic rings. The van der Waals surface area contributed by atoms with Crippen molar-refractivity contribution >= 4 is 48.4 Å². The van der Waals surface area contributed by atoms with Crippen LogP contribution >= 0.6 is 24.0 Å². The molecule has 6 nitrogen and oxygen atoms in total. The Kier molecular flexibility index (Phi) is 10.3. The minimum absolute atomic E-state index is 0.0241. The summed E-state index contributed by atoms with van der Waals surface area (Å²) in [5.74, 6) is -1.28. The van der Waals surface area contributed by atoms with Crippen LogP contribution in [0.2, 0.25) is 18.1 Å². The molecule has 0 aromatic heterocycles. The number of rotatable bonds is 11. The summed E-state index contributed by atoms with van der Waals surface area (Å²) in [7, 11) is -2.16. The molecule has 0 bridgehead atoms. The highest BCUT2D eigenvalue weighted by Crippen LogP contribution is 2.43. The molecule has 9 heteroatoms. The third kappa shape index (κ3) is 7.04. The molecule has 0 spiro atoms. The Labute approximate surface area is 220 Å². The molecule has 1 aromatic carbocycles. The molecule has 0 saturated carbocycles. The van der Waals surface area contributed by atoms with Crippen molar-refractivity contribution in [1.82, 2.24) is 4.90 Å². The second kappa shape index (κ2) is 12.1. The minimum Gasteiger partial charge on any atom is -0.458 e. The standard InChI is InChI=1S/C26H39NO5S2Si/c1-9-15-31-24(30)23(29)27-21(17(2)25(33)34-16-19-13-11-10-12-14-19)20(22(27)28)18(3)32-35(7,8)26(4,5)6/h9-14,17-18,20-21,23,29H,1,15-16H2,2-8H3/t17-,18-,20-,21-,23+/m1/s1. The maximum Gasteiger partial charge on any atom is 0.356 e. The van der Waals surface area contributed by atoms with Crippen molar-refractivity contribution in [3.05, 3.63) is 48.6 Å². The fourth-order valence-corrected chi connectivity index (χ4v) is 6.56. The van der Waals surface area contributed by atoms with E-state index in [0.29, 0.717) is 9.95 Å². The molecule has 194 valence electrons. The number of aliphatic hydroxyl groups excluding tert-OH is 1. The number of amides is 1. The zero-order chi connectivity index (χ0) is 26.6. The third-order valence-corrected chi connectivity index (χ3v) is 13.4. The Balaban J connectivity index is 2.26. The van der Waals surface area contributed by atoms with Crippen LogP contribution in [-0.4, -0.2) is 59.4 Å². The number of β-lactam (4-membered cyclic amide) rings is 1. The SMILES string of the molecule is C=CCOC(=O)[C@H](O)N1C(=O)[C@H]([C@@H](C)O[Si](C)(C)C(C)(C)C)[C@H]1[C@@H](C)C(=S)SCc1ccccc1. The highest BCUT2D eigenvalue weighted by atomic mass is 32.2. The summed E-state index contributed by atoms with van der Waals surface area (Å²) < 4.78 is 12.3. The Morgan fingerprint density at radius 1 is 1.29 bits per heavy atom. The van der Waals surface area contributed by atoms with Crippen molar-refractivity contribution in [3.63, 3.8) is 0 Å². The first kappa shape index (κ1) is 29.7. The number of carbonyl (C=O) groups excluding carboxylic acids is 2. The number of benzene rings is 1. The van der Waals surface area contributed by atoms with Crippen molar-refractivity contribution in [1.29, 1.82) is 0 Å². The van der Waals surface area contributed by atoms with Gasteiger partial charge in [0.25, 0.3) is 0 Å². The summed E-state index contributed by atoms with van der Waals surface area (Å²) >= 11 is 7.29. The van der Waals surface area contributed by atoms with Crippen molar-refractivity contribution < 1.29 is 23.9 Å². The van der Waals surface area contributed by atoms with Gasteiger partial charge >= 0.3 is 5.97 Å². The number of ether oxygens (including phenoxy) is 1. The van der Waals surface area contributed by atoms with Gasteiger partial charge in [0.15, 0.2) is 8.32 Å². The van der Waals surface area contributed by atoms with Crippen LogP contribution < -0.4 is 0 Å². The van der Waals surface area contributed by atoms with E-state index in [1.54, 1.807) is 0 Å². The Hall–Kier alpha value is -1.52. The maximum atomic E-state index is 13.3. The fourth-order valence-electron chi connectivity index (χ4n) is 3.91. The molecule has 35 heavy (non-hydrogen) atoms. The quantitative estimate of drug-likeness (QED) is 0.137. The second-order valence-corrected chi connectivity index (χ2v) is 17.0. The summed E-state index contributed by atoms with van der Waals surface area (Å²) in [6.45, 7) is 18.1. The normalized spacial score (nSPS) is 21.0. The van der Waals surface area contributed by atoms with E-state index in [2.05, 4.69) is 40.4 Å². The summed E-state index contributed by atoms with van der Waals surface area (Å²) in [5, 5.41) is 10.7. The molecule has 1 fully saturated rings. The molecule has 0 unspecified atom stereocenters. The smallest absolute Gasteiger partial charge is 0.356 e. The summed E-state index contributed by atoms with van der Waals surface area (Å²) in [5.41, 5.74) is 1.15. The number of hydrogen-bond acceptors (Lipinski definition) is 7. The summed E-state index contributed by atoms with van der Waals surface area (Å²) in [6, 6.07) is 9.53. The van der Waals surface area contributed by atoms with Crippen molar-refractivity contribution in [2.75, 3.05) is 6.61 Å². The van der Waals surface area contributed by atoms with Gasteiger partial charge in [0.2, 0.25) is 12.1 Å². The number of likely N-dealkylation sites (tertiary alicyclic amines) is 1. The van der Waals surface area contributed by atoms with Gasteiger partial charge in [0, 0.05) is 11.7 Å². The van der Waals surface area contributed by atoms with E-state index >= 15 is 0 Å². The number of nitrogens with zero attached hydrogens (tertiary/aromatic N) is 1. The van der Waals surface area contributed by atoms with Crippen molar-refractivity contribution in [2.45, 2.75) is 76.9 Å². The molecule has 1 heterocycles. The molecule has 1 saturated heterocycles. The number of thiocarbonyl (C=S) groups is 1. The maximum absolute atomic E-state index is 13.3. The minimum atomic E-state index is -2.16. The first-order valence-electron chi connectivity index (χ1n) is 11.9. The predicted molar refractivity (Wildman–Crippen MR) is 149 cm³/mol. The average molecular weight is 538 g/mol. The van der Waals surface area contributed by atoms with Gasteiger partial charge in [-0.1, -0.05) is 82.9 Å². The molecule has 1 N–H and O–H groups in total. The van der Waals surface area contributed by atoms with E-state index in [0.717, 1.165) is 5.56 Å². The molecular weight excluding hydrogens is 499 g/mol. The largest absolute Gasteiger partial charge is 0.458 e. The Morgan fingerprint density at radius 2 is 1.89 bits per heavy atom. The molecule has 5 atom stereocenters. The number of hydrogen-bond donors (Lipinski definition) is 1. The van der Waals surface area contributed by atoms with Gasteiger partial charge in [-0.25, -0.2) is 4.79 Å². The van der Waals surface area contributed by atoms with E-state index in [-0.39, 0.29) is 29.6 Å². The first-order valence-corrected chi connectivity index (χ1v) is 16.2. The van der Waals surface area contributed by atoms with E-state index in [1.807, 2.05) is 44.2 Å². The molecular formula is C26H39NO5S2Si. The van der Waals surface area contributed by atoms with Gasteiger partial charge < -0.3 is 19.2 Å². The topological polar surface area (TPSA) is 76.1 Å². The lowest BCUT2D eigenvalue weighted by Gasteiger charge is -2.54. The lowest BCUT2D eigenvalue weighted by atomic mass is 9.77. The monoisotopic (exact) mass is 537 g/mol. The van der Waals surface area contributed by atoms with Gasteiger partial charge in [0.1, 0.15) is 6.61 Å². The number of thioether (sulfide) groups is 1. The zero-order valence-corrected chi connectivity index (χ0v) is 24.4. The van der Waals surface area contributed by atoms with E-state index in [4.69, 9.17) is 21.4 Å². The van der Waals surface area contributed by atoms with E-state index in [1.165, 1.54) is 22.7 Å². The Morgan fingerprint density at radius 3 is 2.43 bits per heavy atom. The van der Waals surface area contributed by atoms with Crippen LogP contribution in [0, 0.1) is 11.8 Å². The van der Waals surface area contributed by atoms with Crippen LogP contribution in [0.15, 0.2) is 43.0 Å². The fraction of sp³-hybridized carbons (Fsp3) is 0.577. The van der Waals surface area contributed by atoms with Gasteiger partial charge in [-0.3, -0.25) is 4.79 Å². The molecule has 1 amide bonds. The summed E-state index contributed by atoms with van der Waals surface area (Å²) in [6.07, 6.45) is -0.672. The van der Waals surface area contributed by atoms with Gasteiger partial charge in [0.05, 0.1) is 22.3 Å². The molecule has 1 aliphatic heterocycles. The van der Waals surface area contributed by atoms with Crippen LogP contribution in [0.25, 0.3) is 0 Å².